The molecule has 21 heavy (non-hydrogen) atoms. The number of ether oxygens (including phenoxy) is 2. The molecule has 1 aliphatic carbocycles. The van der Waals surface area contributed by atoms with Crippen LogP contribution in [0.5, 0.6) is 11.5 Å². The number of nitrogens with one attached hydrogen (secondary N) is 1. The molecule has 0 bridgehead atoms. The first-order valence-corrected chi connectivity index (χ1v) is 8.27. The molecule has 1 saturated carbocycles. The summed E-state index contributed by atoms with van der Waals surface area (Å²) in [7, 11) is 0. The highest BCUT2D eigenvalue weighted by molar-refractivity contribution is 5.40. The van der Waals surface area contributed by atoms with E-state index in [9.17, 15) is 0 Å². The average molecular weight is 291 g/mol. The predicted octanol–water partition coefficient (Wildman–Crippen LogP) is 4.02. The molecule has 0 saturated heterocycles. The third-order valence-electron chi connectivity index (χ3n) is 4.77. The van der Waals surface area contributed by atoms with Crippen molar-refractivity contribution in [1.82, 2.24) is 5.32 Å². The smallest absolute Gasteiger partial charge is 0.161 e. The van der Waals surface area contributed by atoms with E-state index in [2.05, 4.69) is 33.0 Å². The van der Waals surface area contributed by atoms with Gasteiger partial charge in [0.05, 0.1) is 6.61 Å². The summed E-state index contributed by atoms with van der Waals surface area (Å²) in [5.41, 5.74) is 0.202. The molecule has 0 radical (unpaired) electrons. The second kappa shape index (κ2) is 7.17. The van der Waals surface area contributed by atoms with Gasteiger partial charge in [-0.25, -0.2) is 0 Å². The summed E-state index contributed by atoms with van der Waals surface area (Å²) < 4.78 is 12.1. The van der Waals surface area contributed by atoms with Crippen molar-refractivity contribution in [3.05, 3.63) is 24.3 Å². The van der Waals surface area contributed by atoms with E-state index >= 15 is 0 Å². The topological polar surface area (TPSA) is 30.5 Å². The van der Waals surface area contributed by atoms with E-state index in [1.165, 1.54) is 0 Å². The summed E-state index contributed by atoms with van der Waals surface area (Å²) in [6.45, 7) is 10.6. The predicted molar refractivity (Wildman–Crippen MR) is 87.1 cm³/mol. The minimum atomic E-state index is 0.202. The van der Waals surface area contributed by atoms with E-state index in [4.69, 9.17) is 9.47 Å². The lowest BCUT2D eigenvalue weighted by Gasteiger charge is -2.53. The number of rotatable bonds is 8. The minimum Gasteiger partial charge on any atom is -0.490 e. The van der Waals surface area contributed by atoms with E-state index in [0.29, 0.717) is 6.04 Å². The first kappa shape index (κ1) is 16.2. The quantitative estimate of drug-likeness (QED) is 0.784. The Morgan fingerprint density at radius 1 is 1.19 bits per heavy atom. The summed E-state index contributed by atoms with van der Waals surface area (Å²) in [6.07, 6.45) is 3.46. The van der Waals surface area contributed by atoms with Gasteiger partial charge >= 0.3 is 0 Å². The maximum Gasteiger partial charge on any atom is 0.161 e. The molecule has 0 heterocycles. The SMILES string of the molecule is CCCOc1ccccc1OC1CC(NCC)C1(C)CC. The molecular formula is C18H29NO2. The molecule has 2 rings (SSSR count). The summed E-state index contributed by atoms with van der Waals surface area (Å²) in [4.78, 5) is 0. The van der Waals surface area contributed by atoms with Crippen LogP contribution in [-0.2, 0) is 0 Å². The van der Waals surface area contributed by atoms with Crippen molar-refractivity contribution in [2.45, 2.75) is 59.1 Å². The van der Waals surface area contributed by atoms with Crippen LogP contribution in [0.4, 0.5) is 0 Å². The standard InChI is InChI=1S/C18H29NO2/c1-5-12-20-14-10-8-9-11-15(14)21-17-13-16(19-7-3)18(17,4)6-2/h8-11,16-17,19H,5-7,12-13H2,1-4H3. The summed E-state index contributed by atoms with van der Waals surface area (Å²) >= 11 is 0. The van der Waals surface area contributed by atoms with Gasteiger partial charge in [0.2, 0.25) is 0 Å². The van der Waals surface area contributed by atoms with Gasteiger partial charge in [0, 0.05) is 17.9 Å². The van der Waals surface area contributed by atoms with E-state index in [0.717, 1.165) is 43.9 Å². The maximum atomic E-state index is 6.30. The molecule has 1 fully saturated rings. The van der Waals surface area contributed by atoms with Crippen molar-refractivity contribution in [2.24, 2.45) is 5.41 Å². The van der Waals surface area contributed by atoms with Gasteiger partial charge in [0.25, 0.3) is 0 Å². The molecule has 1 aliphatic rings. The van der Waals surface area contributed by atoms with Gasteiger partial charge < -0.3 is 14.8 Å². The van der Waals surface area contributed by atoms with Crippen molar-refractivity contribution in [2.75, 3.05) is 13.2 Å². The Bertz CT molecular complexity index is 449. The molecule has 3 atom stereocenters. The van der Waals surface area contributed by atoms with E-state index < -0.39 is 0 Å². The molecule has 0 aliphatic heterocycles. The molecule has 1 N–H and O–H groups in total. The van der Waals surface area contributed by atoms with Crippen molar-refractivity contribution in [3.63, 3.8) is 0 Å². The third-order valence-corrected chi connectivity index (χ3v) is 4.77. The van der Waals surface area contributed by atoms with Crippen LogP contribution >= 0.6 is 0 Å². The molecule has 1 aromatic rings. The molecule has 0 aromatic heterocycles. The Morgan fingerprint density at radius 3 is 2.52 bits per heavy atom. The Balaban J connectivity index is 2.05. The number of para-hydroxylation sites is 2. The van der Waals surface area contributed by atoms with Gasteiger partial charge in [0.1, 0.15) is 6.10 Å². The highest BCUT2D eigenvalue weighted by atomic mass is 16.5. The second-order valence-corrected chi connectivity index (χ2v) is 6.11. The van der Waals surface area contributed by atoms with Crippen LogP contribution in [-0.4, -0.2) is 25.3 Å². The van der Waals surface area contributed by atoms with Gasteiger partial charge in [-0.05, 0) is 31.5 Å². The van der Waals surface area contributed by atoms with Gasteiger partial charge in [-0.15, -0.1) is 0 Å². The zero-order chi connectivity index (χ0) is 15.3. The second-order valence-electron chi connectivity index (χ2n) is 6.11. The molecule has 3 nitrogen and oxygen atoms in total. The fraction of sp³-hybridized carbons (Fsp3) is 0.667. The number of hydrogen-bond acceptors (Lipinski definition) is 3. The van der Waals surface area contributed by atoms with Crippen LogP contribution in [0.3, 0.4) is 0 Å². The summed E-state index contributed by atoms with van der Waals surface area (Å²) in [5.74, 6) is 1.75. The van der Waals surface area contributed by atoms with E-state index in [1.54, 1.807) is 0 Å². The summed E-state index contributed by atoms with van der Waals surface area (Å²) in [5, 5.41) is 3.58. The molecule has 118 valence electrons. The zero-order valence-corrected chi connectivity index (χ0v) is 13.8. The molecule has 3 unspecified atom stereocenters. The van der Waals surface area contributed by atoms with Crippen LogP contribution in [0.15, 0.2) is 24.3 Å². The Labute approximate surface area is 129 Å². The maximum absolute atomic E-state index is 6.30. The first-order chi connectivity index (χ1) is 10.2. The first-order valence-electron chi connectivity index (χ1n) is 8.27. The van der Waals surface area contributed by atoms with Crippen molar-refractivity contribution >= 4 is 0 Å². The Kier molecular flexibility index (Phi) is 5.51. The molecular weight excluding hydrogens is 262 g/mol. The number of hydrogen-bond donors (Lipinski definition) is 1. The third kappa shape index (κ3) is 3.34. The van der Waals surface area contributed by atoms with Crippen LogP contribution in [0.2, 0.25) is 0 Å². The summed E-state index contributed by atoms with van der Waals surface area (Å²) in [6, 6.07) is 8.58. The van der Waals surface area contributed by atoms with Crippen LogP contribution in [0.25, 0.3) is 0 Å². The highest BCUT2D eigenvalue weighted by Gasteiger charge is 2.51. The lowest BCUT2D eigenvalue weighted by Crippen LogP contribution is -2.63. The van der Waals surface area contributed by atoms with Gasteiger partial charge in [0.15, 0.2) is 11.5 Å². The molecule has 0 spiro atoms. The lowest BCUT2D eigenvalue weighted by atomic mass is 9.61. The normalized spacial score (nSPS) is 28.0. The van der Waals surface area contributed by atoms with Gasteiger partial charge in [-0.1, -0.05) is 39.8 Å². The fourth-order valence-electron chi connectivity index (χ4n) is 3.07. The monoisotopic (exact) mass is 291 g/mol. The van der Waals surface area contributed by atoms with Crippen LogP contribution in [0.1, 0.15) is 47.0 Å². The average Bonchev–Trinajstić information content (AvgIpc) is 2.52. The van der Waals surface area contributed by atoms with Gasteiger partial charge in [-0.3, -0.25) is 0 Å². The van der Waals surface area contributed by atoms with Crippen LogP contribution in [0, 0.1) is 5.41 Å². The molecule has 0 amide bonds. The van der Waals surface area contributed by atoms with Crippen molar-refractivity contribution in [3.8, 4) is 11.5 Å². The highest BCUT2D eigenvalue weighted by Crippen LogP contribution is 2.47. The minimum absolute atomic E-state index is 0.202. The molecule has 1 aromatic carbocycles. The van der Waals surface area contributed by atoms with Crippen LogP contribution < -0.4 is 14.8 Å². The zero-order valence-electron chi connectivity index (χ0n) is 13.8. The Morgan fingerprint density at radius 2 is 1.90 bits per heavy atom. The largest absolute Gasteiger partial charge is 0.490 e. The van der Waals surface area contributed by atoms with Crippen molar-refractivity contribution in [1.29, 1.82) is 0 Å². The molecule has 3 heteroatoms. The van der Waals surface area contributed by atoms with Crippen molar-refractivity contribution < 1.29 is 9.47 Å². The van der Waals surface area contributed by atoms with Gasteiger partial charge in [-0.2, -0.15) is 0 Å². The van der Waals surface area contributed by atoms with E-state index in [1.807, 2.05) is 24.3 Å². The van der Waals surface area contributed by atoms with E-state index in [-0.39, 0.29) is 11.5 Å². The number of benzene rings is 1. The Hall–Kier alpha value is -1.22. The fourth-order valence-corrected chi connectivity index (χ4v) is 3.07. The lowest BCUT2D eigenvalue weighted by molar-refractivity contribution is -0.0707.